The van der Waals surface area contributed by atoms with Gasteiger partial charge in [0.15, 0.2) is 11.5 Å². The highest BCUT2D eigenvalue weighted by atomic mass is 19.1. The zero-order chi connectivity index (χ0) is 33.5. The van der Waals surface area contributed by atoms with Gasteiger partial charge in [-0.2, -0.15) is 0 Å². The minimum absolute atomic E-state index is 0.0646. The molecule has 1 aliphatic carbocycles. The Kier molecular flexibility index (Phi) is 10.6. The second-order valence-electron chi connectivity index (χ2n) is 12.2. The summed E-state index contributed by atoms with van der Waals surface area (Å²) >= 11 is 0. The first-order valence-electron chi connectivity index (χ1n) is 16.4. The van der Waals surface area contributed by atoms with Crippen LogP contribution in [0.3, 0.4) is 0 Å². The van der Waals surface area contributed by atoms with Crippen LogP contribution in [0.1, 0.15) is 36.8 Å². The van der Waals surface area contributed by atoms with E-state index in [2.05, 4.69) is 44.0 Å². The zero-order valence-electron chi connectivity index (χ0n) is 28.1. The van der Waals surface area contributed by atoms with Gasteiger partial charge in [-0.1, -0.05) is 12.1 Å². The molecule has 0 N–H and O–H groups in total. The van der Waals surface area contributed by atoms with Gasteiger partial charge < -0.3 is 23.8 Å². The molecule has 1 saturated heterocycles. The fourth-order valence-electron chi connectivity index (χ4n) is 6.64. The first kappa shape index (κ1) is 33.0. The Morgan fingerprint density at radius 2 is 1.58 bits per heavy atom. The van der Waals surface area contributed by atoms with Crippen molar-refractivity contribution in [2.45, 2.75) is 44.8 Å². The van der Waals surface area contributed by atoms with E-state index in [0.29, 0.717) is 42.7 Å². The topological polar surface area (TPSA) is 69.2 Å². The van der Waals surface area contributed by atoms with Crippen LogP contribution in [-0.2, 0) is 13.1 Å². The number of methoxy groups -OCH3 is 4. The van der Waals surface area contributed by atoms with Crippen molar-refractivity contribution in [1.29, 1.82) is 0 Å². The van der Waals surface area contributed by atoms with Crippen LogP contribution in [0.5, 0.6) is 23.0 Å². The quantitative estimate of drug-likeness (QED) is 0.154. The molecule has 250 valence electrons. The molecule has 0 bridgehead atoms. The number of hydrogen-bond acceptors (Lipinski definition) is 8. The van der Waals surface area contributed by atoms with Gasteiger partial charge in [-0.3, -0.25) is 14.9 Å². The first-order valence-corrected chi connectivity index (χ1v) is 16.4. The van der Waals surface area contributed by atoms with Gasteiger partial charge in [-0.15, -0.1) is 0 Å². The number of halogens is 1. The minimum atomic E-state index is -0.0646. The highest BCUT2D eigenvalue weighted by Crippen LogP contribution is 2.41. The van der Waals surface area contributed by atoms with Gasteiger partial charge in [-0.05, 0) is 90.6 Å². The minimum Gasteiger partial charge on any atom is -0.497 e. The van der Waals surface area contributed by atoms with E-state index in [-0.39, 0.29) is 5.83 Å². The summed E-state index contributed by atoms with van der Waals surface area (Å²) in [5.74, 6) is 2.49. The molecule has 0 radical (unpaired) electrons. The average Bonchev–Trinajstić information content (AvgIpc) is 3.14. The van der Waals surface area contributed by atoms with Crippen molar-refractivity contribution < 1.29 is 23.3 Å². The molecule has 2 aromatic heterocycles. The highest BCUT2D eigenvalue weighted by Gasteiger charge is 2.27. The molecule has 0 spiro atoms. The van der Waals surface area contributed by atoms with E-state index in [4.69, 9.17) is 18.9 Å². The van der Waals surface area contributed by atoms with Gasteiger partial charge in [-0.25, -0.2) is 4.39 Å². The molecule has 0 unspecified atom stereocenters. The van der Waals surface area contributed by atoms with Crippen molar-refractivity contribution in [2.75, 3.05) is 41.5 Å². The number of aromatic nitrogens is 2. The maximum atomic E-state index is 14.1. The van der Waals surface area contributed by atoms with Gasteiger partial charge in [0.05, 0.1) is 34.1 Å². The summed E-state index contributed by atoms with van der Waals surface area (Å²) in [7, 11) is 6.51. The standard InChI is InChI=1S/C39H43FN4O4/c1-45-35-7-5-6-29(20-35)36-19-27(12-15-42-36)25-43-16-13-34(14-17-43)44(33-10-8-32(40)9-11-33)26-28-18-31(24-41-23-28)30-21-37(46-2)39(48-4)38(22-30)47-3/h5-8,10,12,15,18-24,34H,9,11,13-14,16-17,25-26H2,1-4H3. The Hall–Kier alpha value is -4.89. The molecular formula is C39H43FN4O4. The third-order valence-electron chi connectivity index (χ3n) is 9.19. The van der Waals surface area contributed by atoms with Crippen LogP contribution in [0.15, 0.2) is 96.9 Å². The van der Waals surface area contributed by atoms with E-state index in [1.165, 1.54) is 11.3 Å². The number of piperidine rings is 1. The maximum absolute atomic E-state index is 14.1. The van der Waals surface area contributed by atoms with Crippen LogP contribution >= 0.6 is 0 Å². The highest BCUT2D eigenvalue weighted by molar-refractivity contribution is 5.71. The predicted molar refractivity (Wildman–Crippen MR) is 186 cm³/mol. The molecule has 9 heteroatoms. The largest absolute Gasteiger partial charge is 0.497 e. The third-order valence-corrected chi connectivity index (χ3v) is 9.19. The zero-order valence-corrected chi connectivity index (χ0v) is 28.1. The summed E-state index contributed by atoms with van der Waals surface area (Å²) in [5, 5.41) is 0. The SMILES string of the molecule is COc1cccc(-c2cc(CN3CCC(N(Cc4cncc(-c5cc(OC)c(OC)c(OC)c5)c4)C4=CC=C(F)CC4)CC3)ccn2)c1. The van der Waals surface area contributed by atoms with E-state index in [9.17, 15) is 4.39 Å². The number of likely N-dealkylation sites (tertiary alicyclic amines) is 1. The summed E-state index contributed by atoms with van der Waals surface area (Å²) in [6.07, 6.45) is 12.4. The van der Waals surface area contributed by atoms with Gasteiger partial charge in [0.25, 0.3) is 0 Å². The molecule has 8 nitrogen and oxygen atoms in total. The Morgan fingerprint density at radius 3 is 2.27 bits per heavy atom. The van der Waals surface area contributed by atoms with Crippen LogP contribution in [-0.4, -0.2) is 67.3 Å². The molecule has 6 rings (SSSR count). The number of ether oxygens (including phenoxy) is 4. The van der Waals surface area contributed by atoms with Crippen LogP contribution in [0.2, 0.25) is 0 Å². The Morgan fingerprint density at radius 1 is 0.792 bits per heavy atom. The molecule has 2 aromatic carbocycles. The maximum Gasteiger partial charge on any atom is 0.203 e. The number of rotatable bonds is 12. The van der Waals surface area contributed by atoms with Crippen LogP contribution in [0.25, 0.3) is 22.4 Å². The lowest BCUT2D eigenvalue weighted by atomic mass is 9.98. The van der Waals surface area contributed by atoms with Crippen LogP contribution < -0.4 is 18.9 Å². The second kappa shape index (κ2) is 15.3. The van der Waals surface area contributed by atoms with E-state index in [1.807, 2.05) is 55.0 Å². The van der Waals surface area contributed by atoms with Crippen molar-refractivity contribution in [1.82, 2.24) is 19.8 Å². The molecule has 0 saturated carbocycles. The number of pyridine rings is 2. The lowest BCUT2D eigenvalue weighted by Gasteiger charge is -2.41. The van der Waals surface area contributed by atoms with Gasteiger partial charge in [0.2, 0.25) is 5.75 Å². The van der Waals surface area contributed by atoms with Crippen molar-refractivity contribution in [3.05, 3.63) is 108 Å². The number of benzene rings is 2. The fourth-order valence-corrected chi connectivity index (χ4v) is 6.64. The van der Waals surface area contributed by atoms with Crippen molar-refractivity contribution in [2.24, 2.45) is 0 Å². The second-order valence-corrected chi connectivity index (χ2v) is 12.2. The Bertz CT molecular complexity index is 1760. The summed E-state index contributed by atoms with van der Waals surface area (Å²) in [6.45, 7) is 3.49. The lowest BCUT2D eigenvalue weighted by molar-refractivity contribution is 0.120. The van der Waals surface area contributed by atoms with Gasteiger partial charge >= 0.3 is 0 Å². The van der Waals surface area contributed by atoms with E-state index < -0.39 is 0 Å². The molecule has 1 fully saturated rings. The molecule has 0 atom stereocenters. The van der Waals surface area contributed by atoms with Crippen molar-refractivity contribution in [3.63, 3.8) is 0 Å². The Labute approximate surface area is 282 Å². The molecule has 4 aromatic rings. The van der Waals surface area contributed by atoms with Crippen LogP contribution in [0.4, 0.5) is 4.39 Å². The number of allylic oxidation sites excluding steroid dienone is 4. The van der Waals surface area contributed by atoms with E-state index in [1.54, 1.807) is 34.5 Å². The normalized spacial score (nSPS) is 15.4. The van der Waals surface area contributed by atoms with E-state index in [0.717, 1.165) is 66.2 Å². The summed E-state index contributed by atoms with van der Waals surface area (Å²) in [4.78, 5) is 14.2. The predicted octanol–water partition coefficient (Wildman–Crippen LogP) is 7.84. The summed E-state index contributed by atoms with van der Waals surface area (Å²) in [6, 6.07) is 18.7. The molecule has 0 amide bonds. The summed E-state index contributed by atoms with van der Waals surface area (Å²) in [5.41, 5.74) is 7.36. The number of hydrogen-bond donors (Lipinski definition) is 0. The third kappa shape index (κ3) is 7.63. The molecule has 1 aliphatic heterocycles. The molecule has 2 aliphatic rings. The van der Waals surface area contributed by atoms with Gasteiger partial charge in [0.1, 0.15) is 11.6 Å². The monoisotopic (exact) mass is 650 g/mol. The van der Waals surface area contributed by atoms with Crippen molar-refractivity contribution >= 4 is 0 Å². The average molecular weight is 651 g/mol. The van der Waals surface area contributed by atoms with Crippen LogP contribution in [0, 0.1) is 0 Å². The fraction of sp³-hybridized carbons (Fsp3) is 0.333. The lowest BCUT2D eigenvalue weighted by Crippen LogP contribution is -2.44. The Balaban J connectivity index is 1.18. The molecule has 48 heavy (non-hydrogen) atoms. The number of nitrogens with zero attached hydrogens (tertiary/aromatic N) is 4. The van der Waals surface area contributed by atoms with Gasteiger partial charge in [0, 0.05) is 74.1 Å². The smallest absolute Gasteiger partial charge is 0.203 e. The first-order chi connectivity index (χ1) is 23.5. The molecular weight excluding hydrogens is 607 g/mol. The summed E-state index contributed by atoms with van der Waals surface area (Å²) < 4.78 is 36.2. The van der Waals surface area contributed by atoms with Crippen molar-refractivity contribution in [3.8, 4) is 45.4 Å². The molecule has 3 heterocycles. The van der Waals surface area contributed by atoms with E-state index >= 15 is 0 Å².